The van der Waals surface area contributed by atoms with Gasteiger partial charge < -0.3 is 5.32 Å². The van der Waals surface area contributed by atoms with Gasteiger partial charge in [0.1, 0.15) is 0 Å². The van der Waals surface area contributed by atoms with E-state index < -0.39 is 0 Å². The van der Waals surface area contributed by atoms with Crippen LogP contribution in [0.3, 0.4) is 0 Å². The fourth-order valence-corrected chi connectivity index (χ4v) is 4.68. The van der Waals surface area contributed by atoms with Gasteiger partial charge in [0.25, 0.3) is 0 Å². The number of hydrogen-bond donors (Lipinski definition) is 1. The number of carbonyl (C=O) groups excluding carboxylic acids is 2. The number of fused-ring (bicyclic) bond motifs is 1. The summed E-state index contributed by atoms with van der Waals surface area (Å²) in [6.45, 7) is 9.93. The third kappa shape index (κ3) is 4.11. The maximum atomic E-state index is 12.7. The Bertz CT molecular complexity index is 1190. The van der Waals surface area contributed by atoms with Gasteiger partial charge in [-0.3, -0.25) is 14.3 Å². The maximum absolute atomic E-state index is 12.7. The molecule has 2 heterocycles. The molecule has 1 aliphatic carbocycles. The zero-order valence-electron chi connectivity index (χ0n) is 19.5. The summed E-state index contributed by atoms with van der Waals surface area (Å²) in [6, 6.07) is 6.35. The third-order valence-electron chi connectivity index (χ3n) is 6.54. The first-order valence-electron chi connectivity index (χ1n) is 11.2. The highest BCUT2D eigenvalue weighted by molar-refractivity contribution is 5.96. The smallest absolute Gasteiger partial charge is 0.222 e. The van der Waals surface area contributed by atoms with Crippen LogP contribution in [0, 0.1) is 27.7 Å². The van der Waals surface area contributed by atoms with Gasteiger partial charge in [0, 0.05) is 29.9 Å². The standard InChI is InChI=1S/C25H31N5O2/c1-15-9-10-20(13-16(15)2)30-23-8-6-7-22(21(23)14-26-30)27-24(32)11-12-29-18(4)25(19(5)31)17(3)28-29/h9-10,13-14,22H,6-8,11-12H2,1-5H3,(H,27,32). The van der Waals surface area contributed by atoms with Crippen molar-refractivity contribution in [1.29, 1.82) is 0 Å². The molecule has 32 heavy (non-hydrogen) atoms. The minimum absolute atomic E-state index is 0.00576. The quantitative estimate of drug-likeness (QED) is 0.594. The number of amides is 1. The highest BCUT2D eigenvalue weighted by atomic mass is 16.1. The first-order valence-corrected chi connectivity index (χ1v) is 11.2. The number of aromatic nitrogens is 4. The molecule has 168 valence electrons. The Morgan fingerprint density at radius 1 is 1.16 bits per heavy atom. The van der Waals surface area contributed by atoms with Crippen LogP contribution in [0.5, 0.6) is 0 Å². The maximum Gasteiger partial charge on any atom is 0.222 e. The van der Waals surface area contributed by atoms with Crippen molar-refractivity contribution in [2.75, 3.05) is 0 Å². The van der Waals surface area contributed by atoms with Crippen LogP contribution >= 0.6 is 0 Å². The van der Waals surface area contributed by atoms with Gasteiger partial charge in [0.2, 0.25) is 5.91 Å². The molecule has 3 aromatic rings. The number of carbonyl (C=O) groups is 2. The molecule has 7 heteroatoms. The van der Waals surface area contributed by atoms with Crippen LogP contribution in [0.2, 0.25) is 0 Å². The van der Waals surface area contributed by atoms with E-state index in [9.17, 15) is 9.59 Å². The second-order valence-corrected chi connectivity index (χ2v) is 8.81. The number of nitrogens with zero attached hydrogens (tertiary/aromatic N) is 4. The fraction of sp³-hybridized carbons (Fsp3) is 0.440. The average molecular weight is 434 g/mol. The Morgan fingerprint density at radius 3 is 2.62 bits per heavy atom. The van der Waals surface area contributed by atoms with Crippen LogP contribution in [0.25, 0.3) is 5.69 Å². The molecule has 0 spiro atoms. The fourth-order valence-electron chi connectivity index (χ4n) is 4.68. The van der Waals surface area contributed by atoms with Crippen LogP contribution in [-0.4, -0.2) is 31.3 Å². The van der Waals surface area contributed by atoms with Crippen molar-refractivity contribution in [1.82, 2.24) is 24.9 Å². The van der Waals surface area contributed by atoms with Crippen molar-refractivity contribution in [3.05, 3.63) is 63.7 Å². The molecule has 1 N–H and O–H groups in total. The first-order chi connectivity index (χ1) is 15.3. The van der Waals surface area contributed by atoms with Crippen molar-refractivity contribution >= 4 is 11.7 Å². The molecule has 4 rings (SSSR count). The van der Waals surface area contributed by atoms with Gasteiger partial charge in [-0.25, -0.2) is 4.68 Å². The summed E-state index contributed by atoms with van der Waals surface area (Å²) in [4.78, 5) is 24.6. The van der Waals surface area contributed by atoms with Crippen molar-refractivity contribution in [3.63, 3.8) is 0 Å². The Kier molecular flexibility index (Phi) is 6.00. The zero-order chi connectivity index (χ0) is 23.0. The van der Waals surface area contributed by atoms with Gasteiger partial charge in [0.15, 0.2) is 5.78 Å². The van der Waals surface area contributed by atoms with E-state index in [0.717, 1.165) is 36.2 Å². The molecule has 1 atom stereocenters. The van der Waals surface area contributed by atoms with E-state index in [0.29, 0.717) is 24.2 Å². The molecule has 1 aromatic carbocycles. The summed E-state index contributed by atoms with van der Waals surface area (Å²) < 4.78 is 3.77. The number of ketones is 1. The molecular formula is C25H31N5O2. The van der Waals surface area contributed by atoms with E-state index in [1.54, 1.807) is 11.6 Å². The van der Waals surface area contributed by atoms with Gasteiger partial charge in [-0.15, -0.1) is 0 Å². The molecule has 0 saturated heterocycles. The van der Waals surface area contributed by atoms with E-state index in [4.69, 9.17) is 0 Å². The van der Waals surface area contributed by atoms with Gasteiger partial charge in [-0.05, 0) is 77.1 Å². The molecule has 0 fully saturated rings. The highest BCUT2D eigenvalue weighted by Crippen LogP contribution is 2.31. The SMILES string of the molecule is CC(=O)c1c(C)nn(CCC(=O)NC2CCCc3c2cnn3-c2ccc(C)c(C)c2)c1C. The zero-order valence-corrected chi connectivity index (χ0v) is 19.5. The molecule has 1 amide bonds. The predicted octanol–water partition coefficient (Wildman–Crippen LogP) is 4.09. The second-order valence-electron chi connectivity index (χ2n) is 8.81. The number of benzene rings is 1. The van der Waals surface area contributed by atoms with E-state index in [1.807, 2.05) is 24.7 Å². The normalized spacial score (nSPS) is 15.5. The number of aryl methyl sites for hydroxylation is 4. The van der Waals surface area contributed by atoms with Crippen LogP contribution in [-0.2, 0) is 17.8 Å². The van der Waals surface area contributed by atoms with Crippen LogP contribution < -0.4 is 5.32 Å². The summed E-state index contributed by atoms with van der Waals surface area (Å²) in [6.07, 6.45) is 5.08. The molecule has 7 nitrogen and oxygen atoms in total. The van der Waals surface area contributed by atoms with Crippen LogP contribution in [0.1, 0.15) is 76.4 Å². The Hall–Kier alpha value is -3.22. The lowest BCUT2D eigenvalue weighted by molar-refractivity contribution is -0.122. The predicted molar refractivity (Wildman–Crippen MR) is 123 cm³/mol. The van der Waals surface area contributed by atoms with Crippen molar-refractivity contribution in [2.45, 2.75) is 72.9 Å². The number of rotatable bonds is 6. The number of nitrogens with one attached hydrogen (secondary N) is 1. The minimum atomic E-state index is -0.0280. The minimum Gasteiger partial charge on any atom is -0.349 e. The van der Waals surface area contributed by atoms with Gasteiger partial charge in [-0.2, -0.15) is 10.2 Å². The topological polar surface area (TPSA) is 81.8 Å². The first kappa shape index (κ1) is 22.0. The highest BCUT2D eigenvalue weighted by Gasteiger charge is 2.26. The number of hydrogen-bond acceptors (Lipinski definition) is 4. The molecule has 0 bridgehead atoms. The van der Waals surface area contributed by atoms with Gasteiger partial charge >= 0.3 is 0 Å². The van der Waals surface area contributed by atoms with E-state index in [-0.39, 0.29) is 17.7 Å². The average Bonchev–Trinajstić information content (AvgIpc) is 3.29. The third-order valence-corrected chi connectivity index (χ3v) is 6.54. The lowest BCUT2D eigenvalue weighted by atomic mass is 9.92. The Balaban J connectivity index is 1.46. The molecule has 1 aliphatic rings. The summed E-state index contributed by atoms with van der Waals surface area (Å²) in [7, 11) is 0. The van der Waals surface area contributed by atoms with E-state index >= 15 is 0 Å². The lowest BCUT2D eigenvalue weighted by Crippen LogP contribution is -2.31. The lowest BCUT2D eigenvalue weighted by Gasteiger charge is -2.24. The summed E-state index contributed by atoms with van der Waals surface area (Å²) in [5.74, 6) is -0.00933. The number of Topliss-reactive ketones (excluding diaryl/α,β-unsaturated/α-hetero) is 1. The Labute approximate surface area is 188 Å². The molecule has 0 radical (unpaired) electrons. The van der Waals surface area contributed by atoms with Crippen molar-refractivity contribution in [3.8, 4) is 5.69 Å². The monoisotopic (exact) mass is 433 g/mol. The summed E-state index contributed by atoms with van der Waals surface area (Å²) >= 11 is 0. The molecule has 0 aliphatic heterocycles. The van der Waals surface area contributed by atoms with Crippen molar-refractivity contribution in [2.24, 2.45) is 0 Å². The van der Waals surface area contributed by atoms with Crippen molar-refractivity contribution < 1.29 is 9.59 Å². The molecule has 1 unspecified atom stereocenters. The van der Waals surface area contributed by atoms with Gasteiger partial charge in [0.05, 0.1) is 29.2 Å². The van der Waals surface area contributed by atoms with Crippen LogP contribution in [0.4, 0.5) is 0 Å². The second kappa shape index (κ2) is 8.73. The summed E-state index contributed by atoms with van der Waals surface area (Å²) in [5.41, 5.74) is 8.03. The molecular weight excluding hydrogens is 402 g/mol. The van der Waals surface area contributed by atoms with Gasteiger partial charge in [-0.1, -0.05) is 6.07 Å². The van der Waals surface area contributed by atoms with Crippen LogP contribution in [0.15, 0.2) is 24.4 Å². The molecule has 0 saturated carbocycles. The summed E-state index contributed by atoms with van der Waals surface area (Å²) in [5, 5.41) is 12.3. The molecule has 2 aromatic heterocycles. The van der Waals surface area contributed by atoms with E-state index in [1.165, 1.54) is 16.8 Å². The van der Waals surface area contributed by atoms with E-state index in [2.05, 4.69) is 47.6 Å². The Morgan fingerprint density at radius 2 is 1.94 bits per heavy atom. The largest absolute Gasteiger partial charge is 0.349 e.